The Morgan fingerprint density at radius 3 is 2.67 bits per heavy atom. The Hall–Kier alpha value is -2.08. The van der Waals surface area contributed by atoms with E-state index in [9.17, 15) is 4.79 Å². The molecule has 0 fully saturated rings. The number of nitrogens with zero attached hydrogens (tertiary/aromatic N) is 1. The zero-order chi connectivity index (χ0) is 13.2. The minimum atomic E-state index is 0.0494. The summed E-state index contributed by atoms with van der Waals surface area (Å²) in [5, 5.41) is 11.4. The van der Waals surface area contributed by atoms with Crippen molar-refractivity contribution < 1.29 is 4.79 Å². The van der Waals surface area contributed by atoms with E-state index in [0.29, 0.717) is 12.0 Å². The standard InChI is InChI=1S/C15H18N2O/c1-2-3-4-5-15(18)17-11-10-13-6-8-14(12-16)9-7-13/h6-11H,2-5H2,1H3,(H,17,18). The molecule has 1 aromatic carbocycles. The molecule has 0 unspecified atom stereocenters. The summed E-state index contributed by atoms with van der Waals surface area (Å²) in [7, 11) is 0. The molecule has 3 nitrogen and oxygen atoms in total. The van der Waals surface area contributed by atoms with Crippen LogP contribution in [0.25, 0.3) is 6.08 Å². The second-order valence-corrected chi connectivity index (χ2v) is 4.09. The smallest absolute Gasteiger partial charge is 0.223 e. The molecule has 0 aliphatic heterocycles. The molecule has 94 valence electrons. The minimum absolute atomic E-state index is 0.0494. The number of carbonyl (C=O) groups is 1. The molecular weight excluding hydrogens is 224 g/mol. The number of carbonyl (C=O) groups excluding carboxylic acids is 1. The maximum absolute atomic E-state index is 11.4. The fourth-order valence-corrected chi connectivity index (χ4v) is 1.51. The van der Waals surface area contributed by atoms with Gasteiger partial charge in [-0.25, -0.2) is 0 Å². The van der Waals surface area contributed by atoms with Crippen LogP contribution in [-0.2, 0) is 4.79 Å². The highest BCUT2D eigenvalue weighted by Gasteiger charge is 1.97. The Kier molecular flexibility index (Phi) is 6.27. The fourth-order valence-electron chi connectivity index (χ4n) is 1.51. The maximum atomic E-state index is 11.4. The summed E-state index contributed by atoms with van der Waals surface area (Å²) >= 11 is 0. The number of hydrogen-bond acceptors (Lipinski definition) is 2. The molecule has 3 heteroatoms. The first kappa shape index (κ1) is 14.0. The van der Waals surface area contributed by atoms with Crippen LogP contribution in [0.1, 0.15) is 43.7 Å². The van der Waals surface area contributed by atoms with E-state index in [1.165, 1.54) is 0 Å². The van der Waals surface area contributed by atoms with Crippen LogP contribution >= 0.6 is 0 Å². The molecule has 0 atom stereocenters. The summed E-state index contributed by atoms with van der Waals surface area (Å²) in [6, 6.07) is 9.26. The molecule has 0 bridgehead atoms. The molecule has 0 saturated carbocycles. The Morgan fingerprint density at radius 1 is 1.33 bits per heavy atom. The zero-order valence-corrected chi connectivity index (χ0v) is 10.6. The predicted molar refractivity (Wildman–Crippen MR) is 72.5 cm³/mol. The Labute approximate surface area is 108 Å². The van der Waals surface area contributed by atoms with Gasteiger partial charge in [0.25, 0.3) is 0 Å². The van der Waals surface area contributed by atoms with E-state index in [4.69, 9.17) is 5.26 Å². The number of rotatable bonds is 6. The van der Waals surface area contributed by atoms with Crippen molar-refractivity contribution in [3.63, 3.8) is 0 Å². The van der Waals surface area contributed by atoms with Crippen molar-refractivity contribution in [3.8, 4) is 6.07 Å². The molecule has 1 rings (SSSR count). The first-order valence-corrected chi connectivity index (χ1v) is 6.22. The molecule has 0 radical (unpaired) electrons. The van der Waals surface area contributed by atoms with Gasteiger partial charge in [0.15, 0.2) is 0 Å². The van der Waals surface area contributed by atoms with Crippen molar-refractivity contribution >= 4 is 12.0 Å². The predicted octanol–water partition coefficient (Wildman–Crippen LogP) is 3.23. The van der Waals surface area contributed by atoms with Crippen molar-refractivity contribution in [2.75, 3.05) is 0 Å². The van der Waals surface area contributed by atoms with Crippen molar-refractivity contribution in [1.82, 2.24) is 5.32 Å². The molecule has 0 aromatic heterocycles. The molecule has 0 saturated heterocycles. The van der Waals surface area contributed by atoms with Gasteiger partial charge in [-0.2, -0.15) is 5.26 Å². The Balaban J connectivity index is 2.35. The van der Waals surface area contributed by atoms with Crippen LogP contribution in [0.2, 0.25) is 0 Å². The summed E-state index contributed by atoms with van der Waals surface area (Å²) in [6.07, 6.45) is 7.19. The minimum Gasteiger partial charge on any atom is -0.333 e. The van der Waals surface area contributed by atoms with Crippen molar-refractivity contribution in [1.29, 1.82) is 5.26 Å². The normalized spacial score (nSPS) is 10.2. The topological polar surface area (TPSA) is 52.9 Å². The van der Waals surface area contributed by atoms with Gasteiger partial charge in [-0.05, 0) is 30.2 Å². The number of unbranched alkanes of at least 4 members (excludes halogenated alkanes) is 2. The monoisotopic (exact) mass is 242 g/mol. The quantitative estimate of drug-likeness (QED) is 0.779. The average Bonchev–Trinajstić information content (AvgIpc) is 2.40. The van der Waals surface area contributed by atoms with Gasteiger partial charge in [-0.1, -0.05) is 31.9 Å². The molecule has 1 amide bonds. The van der Waals surface area contributed by atoms with Crippen LogP contribution in [0.4, 0.5) is 0 Å². The molecule has 1 aromatic rings. The highest BCUT2D eigenvalue weighted by atomic mass is 16.1. The molecular formula is C15H18N2O. The Bertz CT molecular complexity index is 441. The van der Waals surface area contributed by atoms with Crippen molar-refractivity contribution in [3.05, 3.63) is 41.6 Å². The van der Waals surface area contributed by atoms with E-state index in [1.807, 2.05) is 18.2 Å². The van der Waals surface area contributed by atoms with Gasteiger partial charge in [-0.15, -0.1) is 0 Å². The zero-order valence-electron chi connectivity index (χ0n) is 10.6. The van der Waals surface area contributed by atoms with E-state index < -0.39 is 0 Å². The summed E-state index contributed by atoms with van der Waals surface area (Å²) in [6.45, 7) is 2.11. The summed E-state index contributed by atoms with van der Waals surface area (Å²) in [4.78, 5) is 11.4. The van der Waals surface area contributed by atoms with Gasteiger partial charge in [0, 0.05) is 12.6 Å². The fraction of sp³-hybridized carbons (Fsp3) is 0.333. The lowest BCUT2D eigenvalue weighted by Gasteiger charge is -1.99. The molecule has 0 heterocycles. The molecule has 0 aliphatic carbocycles. The van der Waals surface area contributed by atoms with Crippen LogP contribution in [0.5, 0.6) is 0 Å². The number of benzene rings is 1. The van der Waals surface area contributed by atoms with Gasteiger partial charge < -0.3 is 5.32 Å². The third-order valence-electron chi connectivity index (χ3n) is 2.57. The van der Waals surface area contributed by atoms with Gasteiger partial charge >= 0.3 is 0 Å². The van der Waals surface area contributed by atoms with Gasteiger partial charge in [0.1, 0.15) is 0 Å². The first-order valence-electron chi connectivity index (χ1n) is 6.22. The third kappa shape index (κ3) is 5.31. The van der Waals surface area contributed by atoms with E-state index in [1.54, 1.807) is 18.3 Å². The number of nitrogens with one attached hydrogen (secondary N) is 1. The van der Waals surface area contributed by atoms with E-state index >= 15 is 0 Å². The van der Waals surface area contributed by atoms with Crippen LogP contribution in [0.15, 0.2) is 30.5 Å². The van der Waals surface area contributed by atoms with Crippen LogP contribution in [0, 0.1) is 11.3 Å². The third-order valence-corrected chi connectivity index (χ3v) is 2.57. The van der Waals surface area contributed by atoms with Crippen molar-refractivity contribution in [2.24, 2.45) is 0 Å². The SMILES string of the molecule is CCCCCC(=O)NC=Cc1ccc(C#N)cc1. The highest BCUT2D eigenvalue weighted by Crippen LogP contribution is 2.04. The first-order chi connectivity index (χ1) is 8.76. The van der Waals surface area contributed by atoms with Gasteiger partial charge in [0.2, 0.25) is 5.91 Å². The van der Waals surface area contributed by atoms with Crippen LogP contribution in [0.3, 0.4) is 0 Å². The lowest BCUT2D eigenvalue weighted by molar-refractivity contribution is -0.120. The van der Waals surface area contributed by atoms with E-state index in [0.717, 1.165) is 24.8 Å². The molecule has 1 N–H and O–H groups in total. The lowest BCUT2D eigenvalue weighted by Crippen LogP contribution is -2.16. The lowest BCUT2D eigenvalue weighted by atomic mass is 10.1. The van der Waals surface area contributed by atoms with E-state index in [2.05, 4.69) is 18.3 Å². The summed E-state index contributed by atoms with van der Waals surface area (Å²) in [5.74, 6) is 0.0494. The van der Waals surface area contributed by atoms with Crippen LogP contribution in [-0.4, -0.2) is 5.91 Å². The highest BCUT2D eigenvalue weighted by molar-refractivity contribution is 5.77. The number of hydrogen-bond donors (Lipinski definition) is 1. The van der Waals surface area contributed by atoms with Crippen LogP contribution < -0.4 is 5.32 Å². The molecule has 18 heavy (non-hydrogen) atoms. The molecule has 0 spiro atoms. The Morgan fingerprint density at radius 2 is 2.06 bits per heavy atom. The van der Waals surface area contributed by atoms with Gasteiger partial charge in [-0.3, -0.25) is 4.79 Å². The number of amides is 1. The average molecular weight is 242 g/mol. The summed E-state index contributed by atoms with van der Waals surface area (Å²) < 4.78 is 0. The number of nitriles is 1. The molecule has 0 aliphatic rings. The maximum Gasteiger partial charge on any atom is 0.223 e. The largest absolute Gasteiger partial charge is 0.333 e. The van der Waals surface area contributed by atoms with E-state index in [-0.39, 0.29) is 5.91 Å². The van der Waals surface area contributed by atoms with Gasteiger partial charge in [0.05, 0.1) is 11.6 Å². The second kappa shape index (κ2) is 8.08. The second-order valence-electron chi connectivity index (χ2n) is 4.09. The van der Waals surface area contributed by atoms with Crippen molar-refractivity contribution in [2.45, 2.75) is 32.6 Å². The summed E-state index contributed by atoms with van der Waals surface area (Å²) in [5.41, 5.74) is 1.60.